The Morgan fingerprint density at radius 3 is 2.80 bits per heavy atom. The molecule has 0 atom stereocenters. The molecule has 0 bridgehead atoms. The van der Waals surface area contributed by atoms with Gasteiger partial charge in [0.05, 0.1) is 5.56 Å². The van der Waals surface area contributed by atoms with E-state index in [4.69, 9.17) is 0 Å². The fraction of sp³-hybridized carbons (Fsp3) is 0.625. The van der Waals surface area contributed by atoms with Crippen LogP contribution in [0.4, 0.5) is 5.82 Å². The second-order valence-electron chi connectivity index (χ2n) is 5.47. The van der Waals surface area contributed by atoms with Crippen molar-refractivity contribution in [3.63, 3.8) is 0 Å². The van der Waals surface area contributed by atoms with Crippen molar-refractivity contribution in [3.8, 4) is 0 Å². The zero-order valence-corrected chi connectivity index (χ0v) is 12.9. The summed E-state index contributed by atoms with van der Waals surface area (Å²) in [6.45, 7) is 8.09. The summed E-state index contributed by atoms with van der Waals surface area (Å²) in [4.78, 5) is 16.4. The van der Waals surface area contributed by atoms with Crippen LogP contribution in [0.1, 0.15) is 56.8 Å². The maximum atomic E-state index is 12.1. The molecule has 0 aliphatic heterocycles. The molecule has 1 amide bonds. The Kier molecular flexibility index (Phi) is 7.70. The zero-order valence-electron chi connectivity index (χ0n) is 12.9. The molecule has 112 valence electrons. The van der Waals surface area contributed by atoms with Crippen LogP contribution in [0, 0.1) is 5.92 Å². The Balaban J connectivity index is 2.42. The molecule has 1 aromatic rings. The second kappa shape index (κ2) is 9.34. The first-order valence-corrected chi connectivity index (χ1v) is 7.62. The average molecular weight is 277 g/mol. The lowest BCUT2D eigenvalue weighted by atomic mass is 10.1. The van der Waals surface area contributed by atoms with Gasteiger partial charge >= 0.3 is 0 Å². The van der Waals surface area contributed by atoms with Crippen LogP contribution in [-0.4, -0.2) is 24.0 Å². The Morgan fingerprint density at radius 2 is 2.10 bits per heavy atom. The minimum Gasteiger partial charge on any atom is -0.369 e. The van der Waals surface area contributed by atoms with Crippen LogP contribution in [0.25, 0.3) is 0 Å². The molecule has 4 heteroatoms. The van der Waals surface area contributed by atoms with Gasteiger partial charge in [-0.2, -0.15) is 0 Å². The van der Waals surface area contributed by atoms with E-state index in [1.54, 1.807) is 12.3 Å². The van der Waals surface area contributed by atoms with Crippen LogP contribution in [0.5, 0.6) is 0 Å². The van der Waals surface area contributed by atoms with E-state index in [9.17, 15) is 4.79 Å². The van der Waals surface area contributed by atoms with Gasteiger partial charge in [0.1, 0.15) is 5.82 Å². The van der Waals surface area contributed by atoms with Crippen LogP contribution >= 0.6 is 0 Å². The molecule has 0 saturated carbocycles. The molecule has 1 aromatic heterocycles. The molecule has 20 heavy (non-hydrogen) atoms. The van der Waals surface area contributed by atoms with Crippen LogP contribution in [-0.2, 0) is 0 Å². The van der Waals surface area contributed by atoms with Crippen molar-refractivity contribution in [1.82, 2.24) is 10.3 Å². The molecule has 0 radical (unpaired) electrons. The molecule has 0 aromatic carbocycles. The van der Waals surface area contributed by atoms with E-state index in [1.165, 1.54) is 6.42 Å². The molecule has 0 spiro atoms. The third-order valence-corrected chi connectivity index (χ3v) is 3.09. The highest BCUT2D eigenvalue weighted by atomic mass is 16.1. The van der Waals surface area contributed by atoms with E-state index in [2.05, 4.69) is 36.4 Å². The van der Waals surface area contributed by atoms with Crippen molar-refractivity contribution in [3.05, 3.63) is 23.9 Å². The molecule has 0 fully saturated rings. The molecular formula is C16H27N3O. The second-order valence-corrected chi connectivity index (χ2v) is 5.47. The molecule has 1 rings (SSSR count). The molecule has 0 aliphatic rings. The normalized spacial score (nSPS) is 10.6. The summed E-state index contributed by atoms with van der Waals surface area (Å²) >= 11 is 0. The van der Waals surface area contributed by atoms with Crippen molar-refractivity contribution in [2.24, 2.45) is 5.92 Å². The summed E-state index contributed by atoms with van der Waals surface area (Å²) in [6.07, 6.45) is 6.12. The first kappa shape index (κ1) is 16.5. The van der Waals surface area contributed by atoms with Gasteiger partial charge in [-0.1, -0.05) is 33.6 Å². The topological polar surface area (TPSA) is 54.0 Å². The van der Waals surface area contributed by atoms with Gasteiger partial charge < -0.3 is 10.6 Å². The lowest BCUT2D eigenvalue weighted by molar-refractivity contribution is 0.0953. The van der Waals surface area contributed by atoms with E-state index in [1.807, 2.05) is 6.07 Å². The molecule has 1 heterocycles. The monoisotopic (exact) mass is 277 g/mol. The first-order chi connectivity index (χ1) is 9.65. The molecular weight excluding hydrogens is 250 g/mol. The lowest BCUT2D eigenvalue weighted by Gasteiger charge is -2.10. The number of hydrogen-bond acceptors (Lipinski definition) is 3. The quantitative estimate of drug-likeness (QED) is 0.680. The predicted molar refractivity (Wildman–Crippen MR) is 84.0 cm³/mol. The van der Waals surface area contributed by atoms with Gasteiger partial charge in [0.2, 0.25) is 0 Å². The summed E-state index contributed by atoms with van der Waals surface area (Å²) in [6, 6.07) is 3.61. The number of carbonyl (C=O) groups excluding carboxylic acids is 1. The summed E-state index contributed by atoms with van der Waals surface area (Å²) in [5.74, 6) is 1.36. The molecule has 0 unspecified atom stereocenters. The number of carbonyl (C=O) groups is 1. The predicted octanol–water partition coefficient (Wildman–Crippen LogP) is 3.46. The first-order valence-electron chi connectivity index (χ1n) is 7.62. The maximum absolute atomic E-state index is 12.1. The Labute approximate surface area is 122 Å². The van der Waals surface area contributed by atoms with Gasteiger partial charge in [0.25, 0.3) is 5.91 Å². The number of amides is 1. The maximum Gasteiger partial charge on any atom is 0.255 e. The van der Waals surface area contributed by atoms with Crippen LogP contribution in [0.2, 0.25) is 0 Å². The van der Waals surface area contributed by atoms with Crippen molar-refractivity contribution in [2.75, 3.05) is 18.4 Å². The van der Waals surface area contributed by atoms with Gasteiger partial charge in [-0.25, -0.2) is 4.98 Å². The minimum atomic E-state index is -0.0405. The third-order valence-electron chi connectivity index (χ3n) is 3.09. The van der Waals surface area contributed by atoms with E-state index in [0.29, 0.717) is 11.4 Å². The number of rotatable bonds is 9. The van der Waals surface area contributed by atoms with Crippen molar-refractivity contribution < 1.29 is 4.79 Å². The SMILES string of the molecule is CCCNc1ncccc1C(=O)NCCCCC(C)C. The summed E-state index contributed by atoms with van der Waals surface area (Å²) in [5.41, 5.74) is 0.629. The lowest BCUT2D eigenvalue weighted by Crippen LogP contribution is -2.26. The van der Waals surface area contributed by atoms with E-state index in [-0.39, 0.29) is 5.91 Å². The van der Waals surface area contributed by atoms with Crippen LogP contribution in [0.3, 0.4) is 0 Å². The number of anilines is 1. The Hall–Kier alpha value is -1.58. The molecule has 0 aliphatic carbocycles. The largest absolute Gasteiger partial charge is 0.369 e. The highest BCUT2D eigenvalue weighted by Gasteiger charge is 2.10. The number of nitrogens with zero attached hydrogens (tertiary/aromatic N) is 1. The zero-order chi connectivity index (χ0) is 14.8. The van der Waals surface area contributed by atoms with Crippen molar-refractivity contribution >= 4 is 11.7 Å². The summed E-state index contributed by atoms with van der Waals surface area (Å²) in [5, 5.41) is 6.16. The minimum absolute atomic E-state index is 0.0405. The summed E-state index contributed by atoms with van der Waals surface area (Å²) in [7, 11) is 0. The highest BCUT2D eigenvalue weighted by molar-refractivity contribution is 5.98. The molecule has 2 N–H and O–H groups in total. The smallest absolute Gasteiger partial charge is 0.255 e. The average Bonchev–Trinajstić information content (AvgIpc) is 2.44. The fourth-order valence-corrected chi connectivity index (χ4v) is 1.95. The third kappa shape index (κ3) is 6.04. The van der Waals surface area contributed by atoms with Crippen LogP contribution in [0.15, 0.2) is 18.3 Å². The van der Waals surface area contributed by atoms with Crippen molar-refractivity contribution in [1.29, 1.82) is 0 Å². The standard InChI is InChI=1S/C16H27N3O/c1-4-10-17-15-14(9-7-12-18-15)16(20)19-11-6-5-8-13(2)3/h7,9,12-13H,4-6,8,10-11H2,1-3H3,(H,17,18)(H,19,20). The van der Waals surface area contributed by atoms with Gasteiger partial charge in [0, 0.05) is 19.3 Å². The Morgan fingerprint density at radius 1 is 1.30 bits per heavy atom. The molecule has 4 nitrogen and oxygen atoms in total. The number of aromatic nitrogens is 1. The van der Waals surface area contributed by atoms with Crippen molar-refractivity contribution in [2.45, 2.75) is 46.5 Å². The Bertz CT molecular complexity index is 404. The van der Waals surface area contributed by atoms with Crippen LogP contribution < -0.4 is 10.6 Å². The number of pyridine rings is 1. The van der Waals surface area contributed by atoms with E-state index >= 15 is 0 Å². The fourth-order valence-electron chi connectivity index (χ4n) is 1.95. The van der Waals surface area contributed by atoms with E-state index < -0.39 is 0 Å². The van der Waals surface area contributed by atoms with Gasteiger partial charge in [-0.05, 0) is 30.9 Å². The van der Waals surface area contributed by atoms with E-state index in [0.717, 1.165) is 38.3 Å². The highest BCUT2D eigenvalue weighted by Crippen LogP contribution is 2.11. The van der Waals surface area contributed by atoms with Gasteiger partial charge in [-0.3, -0.25) is 4.79 Å². The number of nitrogens with one attached hydrogen (secondary N) is 2. The number of unbranched alkanes of at least 4 members (excludes halogenated alkanes) is 1. The summed E-state index contributed by atoms with van der Waals surface area (Å²) < 4.78 is 0. The van der Waals surface area contributed by atoms with Gasteiger partial charge in [0.15, 0.2) is 0 Å². The van der Waals surface area contributed by atoms with Gasteiger partial charge in [-0.15, -0.1) is 0 Å². The number of hydrogen-bond donors (Lipinski definition) is 2. The molecule has 0 saturated heterocycles.